The highest BCUT2D eigenvalue weighted by Gasteiger charge is 2.10. The topological polar surface area (TPSA) is 36.6 Å². The second-order valence-electron chi connectivity index (χ2n) is 4.74. The molecule has 0 aliphatic rings. The lowest BCUT2D eigenvalue weighted by Crippen LogP contribution is -2.16. The number of hydrogen-bond donors (Lipinski definition) is 1. The Morgan fingerprint density at radius 1 is 1.37 bits per heavy atom. The third-order valence-corrected chi connectivity index (χ3v) is 3.94. The minimum absolute atomic E-state index is 0.468. The van der Waals surface area contributed by atoms with Crippen LogP contribution < -0.4 is 4.90 Å². The Morgan fingerprint density at radius 3 is 2.63 bits per heavy atom. The average molecular weight is 324 g/mol. The van der Waals surface area contributed by atoms with Crippen LogP contribution in [0, 0.1) is 6.92 Å². The Labute approximate surface area is 122 Å². The van der Waals surface area contributed by atoms with Gasteiger partial charge in [-0.1, -0.05) is 22.0 Å². The molecule has 1 unspecified atom stereocenters. The summed E-state index contributed by atoms with van der Waals surface area (Å²) < 4.78 is 6.23. The molecule has 0 spiro atoms. The van der Waals surface area contributed by atoms with E-state index in [0.717, 1.165) is 28.0 Å². The van der Waals surface area contributed by atoms with Crippen molar-refractivity contribution in [3.8, 4) is 0 Å². The van der Waals surface area contributed by atoms with Gasteiger partial charge in [-0.2, -0.15) is 0 Å². The summed E-state index contributed by atoms with van der Waals surface area (Å²) in [5, 5.41) is 9.62. The van der Waals surface area contributed by atoms with Gasteiger partial charge < -0.3 is 14.4 Å². The van der Waals surface area contributed by atoms with Gasteiger partial charge in [0, 0.05) is 29.3 Å². The molecule has 0 amide bonds. The molecule has 1 aromatic heterocycles. The zero-order valence-corrected chi connectivity index (χ0v) is 12.9. The Kier molecular flexibility index (Phi) is 4.32. The molecular weight excluding hydrogens is 306 g/mol. The highest BCUT2D eigenvalue weighted by molar-refractivity contribution is 9.10. The molecular formula is C15H18BrNO2. The molecule has 0 radical (unpaired) electrons. The van der Waals surface area contributed by atoms with Gasteiger partial charge in [-0.25, -0.2) is 0 Å². The maximum absolute atomic E-state index is 9.62. The fraction of sp³-hybridized carbons (Fsp3) is 0.333. The molecule has 2 aromatic rings. The number of halogens is 1. The van der Waals surface area contributed by atoms with Crippen LogP contribution >= 0.6 is 15.9 Å². The lowest BCUT2D eigenvalue weighted by atomic mass is 10.1. The SMILES string of the molecule is Cc1occc1CN(C)c1ccc(C(C)O)c(Br)c1. The number of aliphatic hydroxyl groups excluding tert-OH is 1. The highest BCUT2D eigenvalue weighted by Crippen LogP contribution is 2.28. The van der Waals surface area contributed by atoms with E-state index in [0.29, 0.717) is 0 Å². The second-order valence-corrected chi connectivity index (χ2v) is 5.59. The lowest BCUT2D eigenvalue weighted by molar-refractivity contribution is 0.198. The Morgan fingerprint density at radius 2 is 2.11 bits per heavy atom. The normalized spacial score (nSPS) is 12.5. The molecule has 1 heterocycles. The summed E-state index contributed by atoms with van der Waals surface area (Å²) in [6.07, 6.45) is 1.25. The maximum atomic E-state index is 9.62. The third kappa shape index (κ3) is 3.19. The first-order chi connectivity index (χ1) is 8.99. The monoisotopic (exact) mass is 323 g/mol. The minimum Gasteiger partial charge on any atom is -0.469 e. The van der Waals surface area contributed by atoms with Crippen LogP contribution in [0.2, 0.25) is 0 Å². The molecule has 0 fully saturated rings. The van der Waals surface area contributed by atoms with Gasteiger partial charge in [-0.15, -0.1) is 0 Å². The van der Waals surface area contributed by atoms with E-state index in [1.807, 2.05) is 38.2 Å². The number of anilines is 1. The van der Waals surface area contributed by atoms with E-state index >= 15 is 0 Å². The number of rotatable bonds is 4. The van der Waals surface area contributed by atoms with Gasteiger partial charge >= 0.3 is 0 Å². The quantitative estimate of drug-likeness (QED) is 0.922. The van der Waals surface area contributed by atoms with Crippen LogP contribution in [0.15, 0.2) is 39.4 Å². The van der Waals surface area contributed by atoms with Crippen LogP contribution in [0.5, 0.6) is 0 Å². The number of hydrogen-bond acceptors (Lipinski definition) is 3. The molecule has 0 saturated carbocycles. The third-order valence-electron chi connectivity index (χ3n) is 3.25. The molecule has 1 aromatic carbocycles. The number of aliphatic hydroxyl groups is 1. The summed E-state index contributed by atoms with van der Waals surface area (Å²) in [5.41, 5.74) is 3.17. The summed E-state index contributed by atoms with van der Waals surface area (Å²) in [7, 11) is 2.04. The molecule has 0 aliphatic heterocycles. The van der Waals surface area contributed by atoms with Gasteiger partial charge in [0.05, 0.1) is 12.4 Å². The van der Waals surface area contributed by atoms with E-state index in [1.165, 1.54) is 5.56 Å². The summed E-state index contributed by atoms with van der Waals surface area (Å²) in [5.74, 6) is 0.950. The van der Waals surface area contributed by atoms with Crippen molar-refractivity contribution in [2.75, 3.05) is 11.9 Å². The van der Waals surface area contributed by atoms with Crippen LogP contribution in [0.25, 0.3) is 0 Å². The minimum atomic E-state index is -0.468. The van der Waals surface area contributed by atoms with E-state index < -0.39 is 6.10 Å². The Bertz CT molecular complexity index is 563. The molecule has 0 bridgehead atoms. The van der Waals surface area contributed by atoms with Gasteiger partial charge in [-0.05, 0) is 37.6 Å². The smallest absolute Gasteiger partial charge is 0.105 e. The fourth-order valence-electron chi connectivity index (χ4n) is 2.01. The largest absolute Gasteiger partial charge is 0.469 e. The summed E-state index contributed by atoms with van der Waals surface area (Å²) in [6.45, 7) is 4.52. The maximum Gasteiger partial charge on any atom is 0.105 e. The van der Waals surface area contributed by atoms with Crippen LogP contribution in [0.1, 0.15) is 29.9 Å². The zero-order valence-electron chi connectivity index (χ0n) is 11.4. The van der Waals surface area contributed by atoms with Crippen LogP contribution in [-0.4, -0.2) is 12.2 Å². The van der Waals surface area contributed by atoms with Crippen molar-refractivity contribution < 1.29 is 9.52 Å². The molecule has 3 nitrogen and oxygen atoms in total. The Hall–Kier alpha value is -1.26. The van der Waals surface area contributed by atoms with E-state index in [-0.39, 0.29) is 0 Å². The molecule has 1 atom stereocenters. The van der Waals surface area contributed by atoms with E-state index in [4.69, 9.17) is 4.42 Å². The van der Waals surface area contributed by atoms with Crippen LogP contribution in [0.3, 0.4) is 0 Å². The van der Waals surface area contributed by atoms with Gasteiger partial charge in [0.1, 0.15) is 5.76 Å². The lowest BCUT2D eigenvalue weighted by Gasteiger charge is -2.20. The van der Waals surface area contributed by atoms with Crippen molar-refractivity contribution >= 4 is 21.6 Å². The molecule has 2 rings (SSSR count). The number of benzene rings is 1. The van der Waals surface area contributed by atoms with Crippen molar-refractivity contribution in [3.63, 3.8) is 0 Å². The van der Waals surface area contributed by atoms with Gasteiger partial charge in [0.2, 0.25) is 0 Å². The summed E-state index contributed by atoms with van der Waals surface area (Å²) in [6, 6.07) is 7.98. The van der Waals surface area contributed by atoms with Crippen molar-refractivity contribution in [1.29, 1.82) is 0 Å². The number of furan rings is 1. The van der Waals surface area contributed by atoms with Gasteiger partial charge in [0.15, 0.2) is 0 Å². The zero-order chi connectivity index (χ0) is 14.0. The molecule has 0 aliphatic carbocycles. The molecule has 102 valence electrons. The van der Waals surface area contributed by atoms with Crippen LogP contribution in [-0.2, 0) is 6.54 Å². The van der Waals surface area contributed by atoms with Crippen molar-refractivity contribution in [2.45, 2.75) is 26.5 Å². The summed E-state index contributed by atoms with van der Waals surface area (Å²) in [4.78, 5) is 2.15. The van der Waals surface area contributed by atoms with Crippen molar-refractivity contribution in [2.24, 2.45) is 0 Å². The number of aryl methyl sites for hydroxylation is 1. The standard InChI is InChI=1S/C15H18BrNO2/c1-10(18)14-5-4-13(8-15(14)16)17(3)9-12-6-7-19-11(12)2/h4-8,10,18H,9H2,1-3H3. The average Bonchev–Trinajstić information content (AvgIpc) is 2.74. The van der Waals surface area contributed by atoms with E-state index in [9.17, 15) is 5.11 Å². The first-order valence-corrected chi connectivity index (χ1v) is 7.00. The first-order valence-electron chi connectivity index (χ1n) is 6.20. The molecule has 4 heteroatoms. The van der Waals surface area contributed by atoms with E-state index in [2.05, 4.69) is 20.8 Å². The fourth-order valence-corrected chi connectivity index (χ4v) is 2.71. The van der Waals surface area contributed by atoms with Crippen molar-refractivity contribution in [3.05, 3.63) is 51.9 Å². The van der Waals surface area contributed by atoms with Gasteiger partial charge in [-0.3, -0.25) is 0 Å². The molecule has 19 heavy (non-hydrogen) atoms. The van der Waals surface area contributed by atoms with Crippen molar-refractivity contribution in [1.82, 2.24) is 0 Å². The number of nitrogens with zero attached hydrogens (tertiary/aromatic N) is 1. The van der Waals surface area contributed by atoms with E-state index in [1.54, 1.807) is 13.2 Å². The molecule has 1 N–H and O–H groups in total. The second kappa shape index (κ2) is 5.80. The Balaban J connectivity index is 2.18. The van der Waals surface area contributed by atoms with Crippen LogP contribution in [0.4, 0.5) is 5.69 Å². The summed E-state index contributed by atoms with van der Waals surface area (Å²) >= 11 is 3.50. The highest BCUT2D eigenvalue weighted by atomic mass is 79.9. The molecule has 0 saturated heterocycles. The first kappa shape index (κ1) is 14.2. The van der Waals surface area contributed by atoms with Gasteiger partial charge in [0.25, 0.3) is 0 Å². The predicted molar refractivity (Wildman–Crippen MR) is 80.3 cm³/mol. The predicted octanol–water partition coefficient (Wildman–Crippen LogP) is 4.04.